The lowest BCUT2D eigenvalue weighted by Crippen LogP contribution is -2.66. The van der Waals surface area contributed by atoms with Crippen molar-refractivity contribution in [1.29, 1.82) is 0 Å². The van der Waals surface area contributed by atoms with Crippen LogP contribution < -0.4 is 0 Å². The van der Waals surface area contributed by atoms with Crippen LogP contribution in [-0.4, -0.2) is 140 Å². The molecule has 15 nitrogen and oxygen atoms in total. The summed E-state index contributed by atoms with van der Waals surface area (Å²) in [6.07, 6.45) is 0. The lowest BCUT2D eigenvalue weighted by atomic mass is 9.56. The number of nitrogens with zero attached hydrogens (tertiary/aromatic N) is 6. The van der Waals surface area contributed by atoms with Crippen molar-refractivity contribution in [1.82, 2.24) is 0 Å². The fraction of sp³-hybridized carbons (Fsp3) is 0.786. The standard InChI is InChI=1S/C28H46N6O9/c1-35-10-19-22(13-38-4)29-32-26(19,16-41-7)25(27(17-42-8)20(11-36-2)23(14-39-5)30-33-27)28(18-43-9)21(12-37-3)24(15-40-6)31-34-28/h25H,10-18H2,1-9H3. The zero-order valence-electron chi connectivity index (χ0n) is 26.8. The number of azo groups is 3. The van der Waals surface area contributed by atoms with E-state index in [1.54, 1.807) is 64.0 Å². The highest BCUT2D eigenvalue weighted by Crippen LogP contribution is 2.58. The highest BCUT2D eigenvalue weighted by Gasteiger charge is 2.69. The van der Waals surface area contributed by atoms with Gasteiger partial charge in [0.15, 0.2) is 0 Å². The Bertz CT molecular complexity index is 1000. The van der Waals surface area contributed by atoms with Crippen molar-refractivity contribution in [2.45, 2.75) is 16.6 Å². The second-order valence-electron chi connectivity index (χ2n) is 10.5. The van der Waals surface area contributed by atoms with Gasteiger partial charge in [-0.25, -0.2) is 0 Å². The normalized spacial score (nSPS) is 27.6. The van der Waals surface area contributed by atoms with Gasteiger partial charge in [-0.05, 0) is 0 Å². The van der Waals surface area contributed by atoms with E-state index in [0.29, 0.717) is 17.1 Å². The highest BCUT2D eigenvalue weighted by molar-refractivity contribution is 5.48. The zero-order chi connectivity index (χ0) is 31.5. The Morgan fingerprint density at radius 1 is 0.395 bits per heavy atom. The second-order valence-corrected chi connectivity index (χ2v) is 10.5. The molecule has 0 aromatic heterocycles. The number of rotatable bonds is 21. The van der Waals surface area contributed by atoms with Crippen LogP contribution in [0.2, 0.25) is 0 Å². The number of methoxy groups -OCH3 is 9. The fourth-order valence-corrected chi connectivity index (χ4v) is 6.52. The third kappa shape index (κ3) is 6.41. The predicted molar refractivity (Wildman–Crippen MR) is 154 cm³/mol. The van der Waals surface area contributed by atoms with E-state index in [4.69, 9.17) is 58.0 Å². The maximum absolute atomic E-state index is 5.96. The molecule has 3 aliphatic heterocycles. The van der Waals surface area contributed by atoms with Crippen molar-refractivity contribution >= 4 is 0 Å². The first-order valence-electron chi connectivity index (χ1n) is 13.8. The maximum atomic E-state index is 5.96. The average molecular weight is 611 g/mol. The number of hydrogen-bond acceptors (Lipinski definition) is 15. The molecule has 43 heavy (non-hydrogen) atoms. The molecular formula is C28H46N6O9. The monoisotopic (exact) mass is 610 g/mol. The second kappa shape index (κ2) is 16.1. The Morgan fingerprint density at radius 3 is 0.860 bits per heavy atom. The first-order chi connectivity index (χ1) is 20.9. The Kier molecular flexibility index (Phi) is 13.2. The molecule has 0 radical (unpaired) electrons. The Morgan fingerprint density at radius 2 is 0.651 bits per heavy atom. The summed E-state index contributed by atoms with van der Waals surface area (Å²) in [7, 11) is 14.5. The van der Waals surface area contributed by atoms with Gasteiger partial charge in [-0.2, -0.15) is 30.7 Å². The summed E-state index contributed by atoms with van der Waals surface area (Å²) in [6, 6.07) is 0. The van der Waals surface area contributed by atoms with Gasteiger partial charge in [-0.1, -0.05) is 0 Å². The maximum Gasteiger partial charge on any atom is 0.139 e. The predicted octanol–water partition coefficient (Wildman–Crippen LogP) is 2.80. The van der Waals surface area contributed by atoms with E-state index < -0.39 is 22.5 Å². The van der Waals surface area contributed by atoms with Crippen LogP contribution in [0, 0.1) is 5.92 Å². The van der Waals surface area contributed by atoms with E-state index in [9.17, 15) is 0 Å². The average Bonchev–Trinajstić information content (AvgIpc) is 3.61. The van der Waals surface area contributed by atoms with Gasteiger partial charge in [0, 0.05) is 80.7 Å². The van der Waals surface area contributed by atoms with E-state index in [0.717, 1.165) is 16.7 Å². The molecule has 0 aromatic rings. The van der Waals surface area contributed by atoms with Crippen molar-refractivity contribution in [2.24, 2.45) is 36.6 Å². The van der Waals surface area contributed by atoms with E-state index in [1.807, 2.05) is 0 Å². The minimum atomic E-state index is -1.24. The fourth-order valence-electron chi connectivity index (χ4n) is 6.52. The molecule has 0 aliphatic carbocycles. The highest BCUT2D eigenvalue weighted by atomic mass is 16.5. The molecule has 3 aliphatic rings. The summed E-state index contributed by atoms with van der Waals surface area (Å²) in [5.41, 5.74) is 0.349. The lowest BCUT2D eigenvalue weighted by Gasteiger charge is -2.51. The molecule has 0 spiro atoms. The van der Waals surface area contributed by atoms with Crippen LogP contribution in [0.3, 0.4) is 0 Å². The van der Waals surface area contributed by atoms with Crippen molar-refractivity contribution in [3.63, 3.8) is 0 Å². The molecule has 0 amide bonds. The minimum Gasteiger partial charge on any atom is -0.382 e. The van der Waals surface area contributed by atoms with Crippen LogP contribution in [0.4, 0.5) is 0 Å². The molecular weight excluding hydrogens is 564 g/mol. The first kappa shape index (κ1) is 35.1. The largest absolute Gasteiger partial charge is 0.382 e. The van der Waals surface area contributed by atoms with E-state index in [-0.39, 0.29) is 59.5 Å². The van der Waals surface area contributed by atoms with Gasteiger partial charge >= 0.3 is 0 Å². The Balaban J connectivity index is 2.56. The number of ether oxygens (including phenoxy) is 9. The summed E-state index contributed by atoms with van der Waals surface area (Å²) in [5.74, 6) is -0.776. The van der Waals surface area contributed by atoms with Crippen LogP contribution in [0.1, 0.15) is 0 Å². The summed E-state index contributed by atoms with van der Waals surface area (Å²) >= 11 is 0. The van der Waals surface area contributed by atoms with Crippen LogP contribution in [0.5, 0.6) is 0 Å². The number of hydrogen-bond donors (Lipinski definition) is 0. The van der Waals surface area contributed by atoms with Crippen LogP contribution >= 0.6 is 0 Å². The summed E-state index contributed by atoms with van der Waals surface area (Å²) < 4.78 is 51.8. The quantitative estimate of drug-likeness (QED) is 0.191. The third-order valence-electron chi connectivity index (χ3n) is 7.90. The van der Waals surface area contributed by atoms with Gasteiger partial charge in [0.2, 0.25) is 0 Å². The van der Waals surface area contributed by atoms with E-state index in [2.05, 4.69) is 15.3 Å². The molecule has 15 heteroatoms. The summed E-state index contributed by atoms with van der Waals surface area (Å²) in [4.78, 5) is 0. The van der Waals surface area contributed by atoms with Crippen molar-refractivity contribution in [3.05, 3.63) is 33.8 Å². The van der Waals surface area contributed by atoms with Gasteiger partial charge in [-0.15, -0.1) is 0 Å². The third-order valence-corrected chi connectivity index (χ3v) is 7.90. The van der Waals surface area contributed by atoms with Gasteiger partial charge in [-0.3, -0.25) is 0 Å². The molecule has 0 saturated carbocycles. The zero-order valence-corrected chi connectivity index (χ0v) is 26.8. The lowest BCUT2D eigenvalue weighted by molar-refractivity contribution is -0.0122. The smallest absolute Gasteiger partial charge is 0.139 e. The Hall–Kier alpha value is -2.34. The van der Waals surface area contributed by atoms with Crippen molar-refractivity contribution in [2.75, 3.05) is 123 Å². The SMILES string of the molecule is COCC1=C(COC)C(COC)(C(C2(COC)N=NC(COC)=C2COC)C2(COC)N=NC(COC)=C2COC)N=N1. The van der Waals surface area contributed by atoms with Crippen LogP contribution in [0.15, 0.2) is 64.5 Å². The topological polar surface area (TPSA) is 157 Å². The molecule has 3 atom stereocenters. The molecule has 3 heterocycles. The molecule has 3 rings (SSSR count). The van der Waals surface area contributed by atoms with Crippen molar-refractivity contribution < 1.29 is 42.6 Å². The van der Waals surface area contributed by atoms with Gasteiger partial charge in [0.05, 0.1) is 82.5 Å². The molecule has 3 unspecified atom stereocenters. The van der Waals surface area contributed by atoms with Gasteiger partial charge < -0.3 is 42.6 Å². The molecule has 0 bridgehead atoms. The molecule has 0 aromatic carbocycles. The van der Waals surface area contributed by atoms with Crippen molar-refractivity contribution in [3.8, 4) is 0 Å². The summed E-state index contributed by atoms with van der Waals surface area (Å²) in [6.45, 7) is 1.35. The van der Waals surface area contributed by atoms with E-state index in [1.165, 1.54) is 0 Å². The van der Waals surface area contributed by atoms with Gasteiger partial charge in [0.1, 0.15) is 16.6 Å². The molecule has 242 valence electrons. The van der Waals surface area contributed by atoms with Gasteiger partial charge in [0.25, 0.3) is 0 Å². The minimum absolute atomic E-state index is 0.0782. The summed E-state index contributed by atoms with van der Waals surface area (Å²) in [5, 5.41) is 28.9. The van der Waals surface area contributed by atoms with E-state index >= 15 is 0 Å². The Labute approximate surface area is 253 Å². The molecule has 0 fully saturated rings. The molecule has 0 saturated heterocycles. The molecule has 0 N–H and O–H groups in total. The first-order valence-corrected chi connectivity index (χ1v) is 13.8. The van der Waals surface area contributed by atoms with Crippen LogP contribution in [0.25, 0.3) is 0 Å². The van der Waals surface area contributed by atoms with Crippen LogP contribution in [-0.2, 0) is 42.6 Å².